The van der Waals surface area contributed by atoms with Gasteiger partial charge in [-0.1, -0.05) is 30.3 Å². The maximum absolute atomic E-state index is 10.4. The van der Waals surface area contributed by atoms with Gasteiger partial charge in [0, 0.05) is 6.42 Å². The van der Waals surface area contributed by atoms with Crippen molar-refractivity contribution in [3.8, 4) is 0 Å². The third kappa shape index (κ3) is 2.62. The lowest BCUT2D eigenvalue weighted by molar-refractivity contribution is -0.629. The van der Waals surface area contributed by atoms with Gasteiger partial charge in [-0.15, -0.1) is 0 Å². The van der Waals surface area contributed by atoms with E-state index in [1.165, 1.54) is 0 Å². The molecule has 0 unspecified atom stereocenters. The molecule has 0 fully saturated rings. The maximum Gasteiger partial charge on any atom is 0.113 e. The van der Waals surface area contributed by atoms with E-state index in [1.807, 2.05) is 30.3 Å². The Labute approximate surface area is 71.6 Å². The second-order valence-corrected chi connectivity index (χ2v) is 2.77. The van der Waals surface area contributed by atoms with Gasteiger partial charge in [0.05, 0.1) is 6.61 Å². The molecule has 0 heterocycles. The van der Waals surface area contributed by atoms with E-state index in [0.29, 0.717) is 6.42 Å². The molecule has 1 rings (SSSR count). The predicted molar refractivity (Wildman–Crippen MR) is 46.3 cm³/mol. The first-order valence-corrected chi connectivity index (χ1v) is 3.97. The highest BCUT2D eigenvalue weighted by Gasteiger charge is 2.05. The highest BCUT2D eigenvalue weighted by molar-refractivity contribution is 5.15. The Balaban J connectivity index is 2.51. The molecule has 0 radical (unpaired) electrons. The second-order valence-electron chi connectivity index (χ2n) is 2.77. The number of aliphatic hydroxyl groups excluding tert-OH is 1. The molecule has 0 spiro atoms. The van der Waals surface area contributed by atoms with Crippen LogP contribution < -0.4 is 5.48 Å². The zero-order valence-corrected chi connectivity index (χ0v) is 6.81. The quantitative estimate of drug-likeness (QED) is 0.602. The molecule has 66 valence electrons. The Morgan fingerprint density at radius 2 is 2.00 bits per heavy atom. The molecule has 0 aromatic heterocycles. The summed E-state index contributed by atoms with van der Waals surface area (Å²) in [5.41, 5.74) is 1.89. The molecule has 12 heavy (non-hydrogen) atoms. The van der Waals surface area contributed by atoms with E-state index in [-0.39, 0.29) is 12.6 Å². The summed E-state index contributed by atoms with van der Waals surface area (Å²) in [6.45, 7) is -0.0710. The van der Waals surface area contributed by atoms with Gasteiger partial charge >= 0.3 is 0 Å². The van der Waals surface area contributed by atoms with Crippen molar-refractivity contribution in [2.24, 2.45) is 0 Å². The lowest BCUT2D eigenvalue weighted by Gasteiger charge is -2.13. The molecular formula is C9H13NO2. The predicted octanol–water partition coefficient (Wildman–Crippen LogP) is -0.349. The van der Waals surface area contributed by atoms with Gasteiger partial charge in [0.25, 0.3) is 0 Å². The summed E-state index contributed by atoms with van der Waals surface area (Å²) in [6, 6.07) is 9.42. The molecule has 0 saturated heterocycles. The van der Waals surface area contributed by atoms with Gasteiger partial charge in [-0.25, -0.2) is 0 Å². The normalized spacial score (nSPS) is 12.8. The first kappa shape index (κ1) is 9.19. The van der Waals surface area contributed by atoms with Crippen molar-refractivity contribution in [3.63, 3.8) is 0 Å². The van der Waals surface area contributed by atoms with Crippen LogP contribution in [0.2, 0.25) is 0 Å². The van der Waals surface area contributed by atoms with Gasteiger partial charge in [0.2, 0.25) is 0 Å². The van der Waals surface area contributed by atoms with Crippen LogP contribution >= 0.6 is 0 Å². The Kier molecular flexibility index (Phi) is 3.73. The van der Waals surface area contributed by atoms with Crippen molar-refractivity contribution in [3.05, 3.63) is 41.1 Å². The minimum Gasteiger partial charge on any atom is -0.636 e. The average Bonchev–Trinajstić information content (AvgIpc) is 2.16. The monoisotopic (exact) mass is 167 g/mol. The van der Waals surface area contributed by atoms with E-state index < -0.39 is 0 Å². The molecule has 1 atom stereocenters. The topological polar surface area (TPSA) is 59.9 Å². The first-order chi connectivity index (χ1) is 5.86. The molecule has 1 aromatic carbocycles. The van der Waals surface area contributed by atoms with Crippen LogP contribution in [0.25, 0.3) is 0 Å². The Morgan fingerprint density at radius 1 is 1.33 bits per heavy atom. The van der Waals surface area contributed by atoms with Crippen LogP contribution in [0.1, 0.15) is 5.56 Å². The summed E-state index contributed by atoms with van der Waals surface area (Å²) >= 11 is 0. The summed E-state index contributed by atoms with van der Waals surface area (Å²) < 4.78 is 0. The fourth-order valence-corrected chi connectivity index (χ4v) is 1.07. The molecule has 3 N–H and O–H groups in total. The van der Waals surface area contributed by atoms with E-state index >= 15 is 0 Å². The minimum atomic E-state index is -0.257. The minimum absolute atomic E-state index is 0.0710. The van der Waals surface area contributed by atoms with Crippen LogP contribution in [0, 0.1) is 5.21 Å². The van der Waals surface area contributed by atoms with Crippen molar-refractivity contribution in [1.82, 2.24) is 0 Å². The number of quaternary nitrogens is 1. The van der Waals surface area contributed by atoms with E-state index in [4.69, 9.17) is 5.11 Å². The Bertz CT molecular complexity index is 209. The van der Waals surface area contributed by atoms with Gasteiger partial charge < -0.3 is 15.8 Å². The Hall–Kier alpha value is -0.900. The third-order valence-electron chi connectivity index (χ3n) is 1.77. The fraction of sp³-hybridized carbons (Fsp3) is 0.333. The lowest BCUT2D eigenvalue weighted by Crippen LogP contribution is -2.85. The fourth-order valence-electron chi connectivity index (χ4n) is 1.07. The molecule has 0 aliphatic carbocycles. The van der Waals surface area contributed by atoms with E-state index in [2.05, 4.69) is 0 Å². The van der Waals surface area contributed by atoms with Gasteiger partial charge in [-0.3, -0.25) is 0 Å². The van der Waals surface area contributed by atoms with Gasteiger partial charge in [-0.05, 0) is 5.56 Å². The highest BCUT2D eigenvalue weighted by Crippen LogP contribution is 2.00. The van der Waals surface area contributed by atoms with Gasteiger partial charge in [0.15, 0.2) is 0 Å². The van der Waals surface area contributed by atoms with Crippen LogP contribution in [0.15, 0.2) is 30.3 Å². The number of nitrogens with two attached hydrogens (primary N) is 1. The van der Waals surface area contributed by atoms with E-state index in [0.717, 1.165) is 11.0 Å². The number of rotatable bonds is 4. The lowest BCUT2D eigenvalue weighted by atomic mass is 10.1. The largest absolute Gasteiger partial charge is 0.636 e. The van der Waals surface area contributed by atoms with Crippen LogP contribution in [-0.2, 0) is 6.42 Å². The van der Waals surface area contributed by atoms with Crippen LogP contribution in [0.3, 0.4) is 0 Å². The van der Waals surface area contributed by atoms with Crippen molar-refractivity contribution in [2.45, 2.75) is 12.5 Å². The summed E-state index contributed by atoms with van der Waals surface area (Å²) in [6.07, 6.45) is 0.626. The zero-order valence-electron chi connectivity index (χ0n) is 6.81. The smallest absolute Gasteiger partial charge is 0.113 e. The summed E-state index contributed by atoms with van der Waals surface area (Å²) in [4.78, 5) is 0. The molecule has 0 aliphatic rings. The summed E-state index contributed by atoms with van der Waals surface area (Å²) in [5.74, 6) is 0. The van der Waals surface area contributed by atoms with Crippen molar-refractivity contribution < 1.29 is 10.6 Å². The number of benzene rings is 1. The highest BCUT2D eigenvalue weighted by atomic mass is 16.5. The molecular weight excluding hydrogens is 154 g/mol. The van der Waals surface area contributed by atoms with Crippen molar-refractivity contribution in [2.75, 3.05) is 6.61 Å². The van der Waals surface area contributed by atoms with Crippen molar-refractivity contribution >= 4 is 0 Å². The SMILES string of the molecule is [O-][NH2+][C@H](CO)Cc1ccccc1. The van der Waals surface area contributed by atoms with Crippen LogP contribution in [0.4, 0.5) is 0 Å². The van der Waals surface area contributed by atoms with E-state index in [9.17, 15) is 5.21 Å². The number of hydroxylamine groups is 1. The number of hydrogen-bond acceptors (Lipinski definition) is 2. The average molecular weight is 167 g/mol. The Morgan fingerprint density at radius 3 is 2.50 bits per heavy atom. The molecule has 3 heteroatoms. The molecule has 0 amide bonds. The summed E-state index contributed by atoms with van der Waals surface area (Å²) in [5, 5.41) is 19.1. The van der Waals surface area contributed by atoms with Crippen LogP contribution in [-0.4, -0.2) is 17.8 Å². The molecule has 3 nitrogen and oxygen atoms in total. The molecule has 0 saturated carbocycles. The molecule has 1 aromatic rings. The van der Waals surface area contributed by atoms with Gasteiger partial charge in [0.1, 0.15) is 6.04 Å². The standard InChI is InChI=1S/C9H13NO2/c11-7-9(10-12)6-8-4-2-1-3-5-8/h1-5,9,11H,6-7,10H2/t9-/m0/s1. The zero-order chi connectivity index (χ0) is 8.81. The van der Waals surface area contributed by atoms with Crippen molar-refractivity contribution in [1.29, 1.82) is 0 Å². The number of hydrogen-bond donors (Lipinski definition) is 2. The summed E-state index contributed by atoms with van der Waals surface area (Å²) in [7, 11) is 0. The first-order valence-electron chi connectivity index (χ1n) is 3.97. The second kappa shape index (κ2) is 4.87. The van der Waals surface area contributed by atoms with Crippen LogP contribution in [0.5, 0.6) is 0 Å². The molecule has 0 aliphatic heterocycles. The maximum atomic E-state index is 10.4. The molecule has 0 bridgehead atoms. The third-order valence-corrected chi connectivity index (χ3v) is 1.77. The van der Waals surface area contributed by atoms with E-state index in [1.54, 1.807) is 0 Å². The number of aliphatic hydroxyl groups is 1. The van der Waals surface area contributed by atoms with Gasteiger partial charge in [-0.2, -0.15) is 0 Å².